The standard InChI is InChI=1S/C18H17N3O3/c1-11-6-8-13(9-7-11)21-16(22)10-15(20-21)18(24)19-14-5-3-4-12(2)17(14)23/h3-10,20,23H,1-2H3,(H,19,24). The van der Waals surface area contributed by atoms with Crippen LogP contribution in [-0.2, 0) is 0 Å². The molecule has 0 aliphatic heterocycles. The van der Waals surface area contributed by atoms with E-state index in [0.29, 0.717) is 16.9 Å². The molecule has 0 saturated heterocycles. The number of H-pyrrole nitrogens is 1. The van der Waals surface area contributed by atoms with Gasteiger partial charge >= 0.3 is 0 Å². The number of nitrogens with one attached hydrogen (secondary N) is 2. The van der Waals surface area contributed by atoms with Crippen LogP contribution in [-0.4, -0.2) is 20.8 Å². The molecule has 3 N–H and O–H groups in total. The van der Waals surface area contributed by atoms with E-state index >= 15 is 0 Å². The van der Waals surface area contributed by atoms with Gasteiger partial charge in [0.05, 0.1) is 11.4 Å². The summed E-state index contributed by atoms with van der Waals surface area (Å²) in [6.07, 6.45) is 0. The Morgan fingerprint density at radius 3 is 2.54 bits per heavy atom. The van der Waals surface area contributed by atoms with Gasteiger partial charge in [-0.25, -0.2) is 4.68 Å². The number of aromatic hydroxyl groups is 1. The lowest BCUT2D eigenvalue weighted by atomic mass is 10.2. The number of aromatic amines is 1. The zero-order chi connectivity index (χ0) is 17.3. The molecule has 0 aliphatic rings. The minimum atomic E-state index is -0.501. The molecular weight excluding hydrogens is 306 g/mol. The second-order valence-electron chi connectivity index (χ2n) is 5.60. The van der Waals surface area contributed by atoms with E-state index in [2.05, 4.69) is 10.4 Å². The summed E-state index contributed by atoms with van der Waals surface area (Å²) in [7, 11) is 0. The predicted molar refractivity (Wildman–Crippen MR) is 91.9 cm³/mol. The molecule has 0 fully saturated rings. The Morgan fingerprint density at radius 1 is 1.12 bits per heavy atom. The van der Waals surface area contributed by atoms with Crippen molar-refractivity contribution in [2.75, 3.05) is 5.32 Å². The molecule has 0 bridgehead atoms. The van der Waals surface area contributed by atoms with Crippen molar-refractivity contribution in [2.45, 2.75) is 13.8 Å². The molecule has 0 aliphatic carbocycles. The van der Waals surface area contributed by atoms with Gasteiger partial charge in [0.2, 0.25) is 0 Å². The van der Waals surface area contributed by atoms with Gasteiger partial charge in [0.15, 0.2) is 0 Å². The van der Waals surface area contributed by atoms with Crippen molar-refractivity contribution in [1.82, 2.24) is 9.78 Å². The fraction of sp³-hybridized carbons (Fsp3) is 0.111. The Bertz CT molecular complexity index is 952. The van der Waals surface area contributed by atoms with E-state index in [4.69, 9.17) is 0 Å². The fourth-order valence-corrected chi connectivity index (χ4v) is 2.35. The Balaban J connectivity index is 1.89. The number of rotatable bonds is 3. The first kappa shape index (κ1) is 15.6. The topological polar surface area (TPSA) is 87.1 Å². The summed E-state index contributed by atoms with van der Waals surface area (Å²) in [6, 6.07) is 13.6. The van der Waals surface area contributed by atoms with Crippen LogP contribution in [0.15, 0.2) is 53.3 Å². The third kappa shape index (κ3) is 2.94. The number of carbonyl (C=O) groups is 1. The smallest absolute Gasteiger partial charge is 0.273 e. The van der Waals surface area contributed by atoms with E-state index < -0.39 is 5.91 Å². The van der Waals surface area contributed by atoms with Crippen LogP contribution in [0, 0.1) is 13.8 Å². The Hall–Kier alpha value is -3.28. The monoisotopic (exact) mass is 323 g/mol. The first-order chi connectivity index (χ1) is 11.5. The highest BCUT2D eigenvalue weighted by Crippen LogP contribution is 2.26. The lowest BCUT2D eigenvalue weighted by Gasteiger charge is -2.08. The summed E-state index contributed by atoms with van der Waals surface area (Å²) >= 11 is 0. The molecule has 0 radical (unpaired) electrons. The van der Waals surface area contributed by atoms with Crippen molar-refractivity contribution in [3.8, 4) is 11.4 Å². The highest BCUT2D eigenvalue weighted by Gasteiger charge is 2.14. The van der Waals surface area contributed by atoms with Crippen LogP contribution < -0.4 is 10.9 Å². The van der Waals surface area contributed by atoms with E-state index in [1.807, 2.05) is 19.1 Å². The quantitative estimate of drug-likeness (QED) is 0.648. The number of para-hydroxylation sites is 1. The molecule has 3 rings (SSSR count). The third-order valence-electron chi connectivity index (χ3n) is 3.74. The molecule has 0 saturated carbocycles. The van der Waals surface area contributed by atoms with Crippen LogP contribution in [0.4, 0.5) is 5.69 Å². The molecular formula is C18H17N3O3. The van der Waals surface area contributed by atoms with Crippen molar-refractivity contribution < 1.29 is 9.90 Å². The summed E-state index contributed by atoms with van der Waals surface area (Å²) in [5.41, 5.74) is 2.44. The molecule has 1 heterocycles. The van der Waals surface area contributed by atoms with Crippen LogP contribution in [0.5, 0.6) is 5.75 Å². The molecule has 0 spiro atoms. The zero-order valence-corrected chi connectivity index (χ0v) is 13.3. The van der Waals surface area contributed by atoms with Gasteiger partial charge in [-0.05, 0) is 37.6 Å². The second kappa shape index (κ2) is 6.08. The predicted octanol–water partition coefficient (Wildman–Crippen LogP) is 2.74. The van der Waals surface area contributed by atoms with Gasteiger partial charge in [0, 0.05) is 6.07 Å². The summed E-state index contributed by atoms with van der Waals surface area (Å²) in [4.78, 5) is 24.4. The molecule has 1 aromatic heterocycles. The Kier molecular flexibility index (Phi) is 3.95. The van der Waals surface area contributed by atoms with Crippen LogP contribution in [0.3, 0.4) is 0 Å². The molecule has 122 valence electrons. The average Bonchev–Trinajstić information content (AvgIpc) is 2.94. The highest BCUT2D eigenvalue weighted by molar-refractivity contribution is 6.03. The molecule has 6 heteroatoms. The van der Waals surface area contributed by atoms with E-state index in [1.54, 1.807) is 37.3 Å². The number of aromatic nitrogens is 2. The van der Waals surface area contributed by atoms with Gasteiger partial charge in [-0.1, -0.05) is 29.8 Å². The Labute approximate surface area is 138 Å². The fourth-order valence-electron chi connectivity index (χ4n) is 2.35. The Morgan fingerprint density at radius 2 is 1.83 bits per heavy atom. The van der Waals surface area contributed by atoms with Gasteiger partial charge in [-0.15, -0.1) is 0 Å². The van der Waals surface area contributed by atoms with Crippen molar-refractivity contribution >= 4 is 11.6 Å². The molecule has 6 nitrogen and oxygen atoms in total. The van der Waals surface area contributed by atoms with Crippen molar-refractivity contribution in [1.29, 1.82) is 0 Å². The number of benzene rings is 2. The third-order valence-corrected chi connectivity index (χ3v) is 3.74. The van der Waals surface area contributed by atoms with Crippen LogP contribution in [0.2, 0.25) is 0 Å². The minimum Gasteiger partial charge on any atom is -0.505 e. The number of aryl methyl sites for hydroxylation is 2. The summed E-state index contributed by atoms with van der Waals surface area (Å²) in [5.74, 6) is -0.495. The molecule has 0 atom stereocenters. The second-order valence-corrected chi connectivity index (χ2v) is 5.60. The maximum Gasteiger partial charge on any atom is 0.273 e. The number of anilines is 1. The van der Waals surface area contributed by atoms with Gasteiger partial charge < -0.3 is 10.4 Å². The lowest BCUT2D eigenvalue weighted by Crippen LogP contribution is -2.14. The maximum atomic E-state index is 12.3. The minimum absolute atomic E-state index is 0.00571. The SMILES string of the molecule is Cc1ccc(-n2[nH]c(C(=O)Nc3cccc(C)c3O)cc2=O)cc1. The number of nitrogens with zero attached hydrogens (tertiary/aromatic N) is 1. The maximum absolute atomic E-state index is 12.3. The molecule has 2 aromatic carbocycles. The van der Waals surface area contributed by atoms with Gasteiger partial charge in [0.25, 0.3) is 11.5 Å². The first-order valence-corrected chi connectivity index (χ1v) is 7.45. The van der Waals surface area contributed by atoms with Crippen molar-refractivity contribution in [3.05, 3.63) is 75.7 Å². The number of amides is 1. The lowest BCUT2D eigenvalue weighted by molar-refractivity contribution is 0.102. The number of hydrogen-bond acceptors (Lipinski definition) is 3. The van der Waals surface area contributed by atoms with Gasteiger partial charge in [-0.2, -0.15) is 0 Å². The van der Waals surface area contributed by atoms with E-state index in [9.17, 15) is 14.7 Å². The highest BCUT2D eigenvalue weighted by atomic mass is 16.3. The average molecular weight is 323 g/mol. The summed E-state index contributed by atoms with van der Waals surface area (Å²) < 4.78 is 1.30. The normalized spacial score (nSPS) is 10.6. The zero-order valence-electron chi connectivity index (χ0n) is 13.3. The van der Waals surface area contributed by atoms with E-state index in [1.165, 1.54) is 10.7 Å². The summed E-state index contributed by atoms with van der Waals surface area (Å²) in [6.45, 7) is 3.69. The van der Waals surface area contributed by atoms with Crippen LogP contribution in [0.25, 0.3) is 5.69 Å². The molecule has 0 unspecified atom stereocenters. The molecule has 24 heavy (non-hydrogen) atoms. The van der Waals surface area contributed by atoms with Gasteiger partial charge in [-0.3, -0.25) is 14.7 Å². The molecule has 3 aromatic rings. The number of phenolic OH excluding ortho intramolecular Hbond substituents is 1. The number of carbonyl (C=O) groups excluding carboxylic acids is 1. The number of hydrogen-bond donors (Lipinski definition) is 3. The van der Waals surface area contributed by atoms with Crippen molar-refractivity contribution in [3.63, 3.8) is 0 Å². The molecule has 1 amide bonds. The van der Waals surface area contributed by atoms with Crippen LogP contribution >= 0.6 is 0 Å². The largest absolute Gasteiger partial charge is 0.505 e. The number of phenols is 1. The van der Waals surface area contributed by atoms with Crippen LogP contribution in [0.1, 0.15) is 21.6 Å². The first-order valence-electron chi connectivity index (χ1n) is 7.45. The van der Waals surface area contributed by atoms with E-state index in [-0.39, 0.29) is 17.0 Å². The van der Waals surface area contributed by atoms with Gasteiger partial charge in [0.1, 0.15) is 11.4 Å². The van der Waals surface area contributed by atoms with E-state index in [0.717, 1.165) is 5.56 Å². The summed E-state index contributed by atoms with van der Waals surface area (Å²) in [5, 5.41) is 15.3. The van der Waals surface area contributed by atoms with Crippen molar-refractivity contribution in [2.24, 2.45) is 0 Å².